The number of methoxy groups -OCH3 is 1. The minimum atomic E-state index is -0.925. The highest BCUT2D eigenvalue weighted by Crippen LogP contribution is 2.34. The molecule has 0 bridgehead atoms. The molecule has 0 aliphatic heterocycles. The van der Waals surface area contributed by atoms with Crippen molar-refractivity contribution in [3.05, 3.63) is 65.5 Å². The number of hydrogen-bond donors (Lipinski definition) is 1. The second-order valence-corrected chi connectivity index (χ2v) is 6.70. The molecule has 0 spiro atoms. The average Bonchev–Trinajstić information content (AvgIpc) is 2.67. The quantitative estimate of drug-likeness (QED) is 0.716. The van der Waals surface area contributed by atoms with E-state index < -0.39 is 5.97 Å². The van der Waals surface area contributed by atoms with Gasteiger partial charge < -0.3 is 9.84 Å². The number of ether oxygens (including phenoxy) is 1. The standard InChI is InChI=1S/C21H25NO4/c1-14(16-4-6-18(7-5-16)20(23)24)12-19(13-15(2)21(25)26-3)17-8-10-22-11-9-17/h4-11,14-15,19H,12-13H2,1-3H3,(H,23,24). The van der Waals surface area contributed by atoms with E-state index in [4.69, 9.17) is 9.84 Å². The van der Waals surface area contributed by atoms with Crippen LogP contribution in [0.25, 0.3) is 0 Å². The zero-order valence-corrected chi connectivity index (χ0v) is 15.4. The van der Waals surface area contributed by atoms with Crippen LogP contribution in [0.4, 0.5) is 0 Å². The molecule has 5 nitrogen and oxygen atoms in total. The van der Waals surface area contributed by atoms with Crippen LogP contribution in [-0.4, -0.2) is 29.1 Å². The van der Waals surface area contributed by atoms with Crippen molar-refractivity contribution in [3.63, 3.8) is 0 Å². The number of pyridine rings is 1. The van der Waals surface area contributed by atoms with E-state index in [1.165, 1.54) is 7.11 Å². The molecule has 3 unspecified atom stereocenters. The maximum Gasteiger partial charge on any atom is 0.335 e. The molecule has 0 amide bonds. The molecule has 2 rings (SSSR count). The highest BCUT2D eigenvalue weighted by molar-refractivity contribution is 5.87. The van der Waals surface area contributed by atoms with E-state index in [0.29, 0.717) is 6.42 Å². The second kappa shape index (κ2) is 9.13. The Morgan fingerprint density at radius 1 is 1.00 bits per heavy atom. The van der Waals surface area contributed by atoms with Crippen molar-refractivity contribution < 1.29 is 19.4 Å². The maximum absolute atomic E-state index is 11.8. The number of esters is 1. The zero-order chi connectivity index (χ0) is 19.1. The first-order chi connectivity index (χ1) is 12.4. The predicted molar refractivity (Wildman–Crippen MR) is 99.2 cm³/mol. The van der Waals surface area contributed by atoms with Crippen molar-refractivity contribution in [2.45, 2.75) is 38.5 Å². The maximum atomic E-state index is 11.8. The third-order valence-corrected chi connectivity index (χ3v) is 4.78. The molecule has 0 aliphatic carbocycles. The molecule has 0 fully saturated rings. The number of benzene rings is 1. The van der Waals surface area contributed by atoms with Gasteiger partial charge in [0, 0.05) is 12.4 Å². The largest absolute Gasteiger partial charge is 0.478 e. The third kappa shape index (κ3) is 5.15. The number of rotatable bonds is 8. The van der Waals surface area contributed by atoms with Crippen LogP contribution in [0.15, 0.2) is 48.8 Å². The SMILES string of the molecule is COC(=O)C(C)CC(CC(C)c1ccc(C(=O)O)cc1)c1ccncc1. The van der Waals surface area contributed by atoms with E-state index in [1.807, 2.05) is 31.2 Å². The predicted octanol–water partition coefficient (Wildman–Crippen LogP) is 4.26. The minimum absolute atomic E-state index is 0.182. The second-order valence-electron chi connectivity index (χ2n) is 6.70. The first-order valence-corrected chi connectivity index (χ1v) is 8.73. The van der Waals surface area contributed by atoms with Gasteiger partial charge >= 0.3 is 11.9 Å². The zero-order valence-electron chi connectivity index (χ0n) is 15.4. The molecule has 0 aliphatic rings. The van der Waals surface area contributed by atoms with Gasteiger partial charge in [-0.2, -0.15) is 0 Å². The van der Waals surface area contributed by atoms with Gasteiger partial charge in [-0.15, -0.1) is 0 Å². The molecule has 0 saturated carbocycles. The van der Waals surface area contributed by atoms with E-state index in [9.17, 15) is 9.59 Å². The van der Waals surface area contributed by atoms with Gasteiger partial charge in [0.05, 0.1) is 18.6 Å². The number of carboxylic acids is 1. The van der Waals surface area contributed by atoms with Crippen LogP contribution in [-0.2, 0) is 9.53 Å². The van der Waals surface area contributed by atoms with E-state index in [-0.39, 0.29) is 29.3 Å². The number of carboxylic acid groups (broad SMARTS) is 1. The molecular weight excluding hydrogens is 330 g/mol. The van der Waals surface area contributed by atoms with E-state index in [1.54, 1.807) is 24.5 Å². The van der Waals surface area contributed by atoms with Gasteiger partial charge in [-0.1, -0.05) is 26.0 Å². The number of aromatic nitrogens is 1. The summed E-state index contributed by atoms with van der Waals surface area (Å²) in [7, 11) is 1.41. The Labute approximate surface area is 154 Å². The highest BCUT2D eigenvalue weighted by Gasteiger charge is 2.23. The lowest BCUT2D eigenvalue weighted by Crippen LogP contribution is -2.17. The number of hydrogen-bond acceptors (Lipinski definition) is 4. The molecule has 1 heterocycles. The Hall–Kier alpha value is -2.69. The van der Waals surface area contributed by atoms with Gasteiger partial charge in [-0.25, -0.2) is 4.79 Å². The summed E-state index contributed by atoms with van der Waals surface area (Å²) in [5.74, 6) is -0.921. The topological polar surface area (TPSA) is 76.5 Å². The molecule has 0 saturated heterocycles. The lowest BCUT2D eigenvalue weighted by atomic mass is 9.81. The Morgan fingerprint density at radius 3 is 2.15 bits per heavy atom. The normalized spacial score (nSPS) is 14.3. The summed E-state index contributed by atoms with van der Waals surface area (Å²) in [6, 6.07) is 11.0. The Kier molecular flexibility index (Phi) is 6.89. The molecule has 0 radical (unpaired) electrons. The molecule has 1 N–H and O–H groups in total. The smallest absolute Gasteiger partial charge is 0.335 e. The van der Waals surface area contributed by atoms with Crippen molar-refractivity contribution in [2.75, 3.05) is 7.11 Å². The van der Waals surface area contributed by atoms with Gasteiger partial charge in [-0.3, -0.25) is 9.78 Å². The number of carbonyl (C=O) groups is 2. The van der Waals surface area contributed by atoms with Gasteiger partial charge in [0.1, 0.15) is 0 Å². The fraction of sp³-hybridized carbons (Fsp3) is 0.381. The monoisotopic (exact) mass is 355 g/mol. The molecule has 1 aromatic carbocycles. The van der Waals surface area contributed by atoms with Crippen LogP contribution < -0.4 is 0 Å². The lowest BCUT2D eigenvalue weighted by molar-refractivity contribution is -0.145. The van der Waals surface area contributed by atoms with Gasteiger partial charge in [-0.05, 0) is 60.1 Å². The summed E-state index contributed by atoms with van der Waals surface area (Å²) in [5, 5.41) is 9.03. The molecule has 5 heteroatoms. The van der Waals surface area contributed by atoms with Gasteiger partial charge in [0.2, 0.25) is 0 Å². The van der Waals surface area contributed by atoms with E-state index in [0.717, 1.165) is 17.5 Å². The van der Waals surface area contributed by atoms with Gasteiger partial charge in [0.15, 0.2) is 0 Å². The van der Waals surface area contributed by atoms with Crippen molar-refractivity contribution >= 4 is 11.9 Å². The van der Waals surface area contributed by atoms with Gasteiger partial charge in [0.25, 0.3) is 0 Å². The highest BCUT2D eigenvalue weighted by atomic mass is 16.5. The fourth-order valence-corrected chi connectivity index (χ4v) is 3.25. The van der Waals surface area contributed by atoms with E-state index >= 15 is 0 Å². The lowest BCUT2D eigenvalue weighted by Gasteiger charge is -2.24. The number of nitrogens with zero attached hydrogens (tertiary/aromatic N) is 1. The summed E-state index contributed by atoms with van der Waals surface area (Å²) in [4.78, 5) is 26.9. The third-order valence-electron chi connectivity index (χ3n) is 4.78. The summed E-state index contributed by atoms with van der Waals surface area (Å²) < 4.78 is 4.87. The summed E-state index contributed by atoms with van der Waals surface area (Å²) in [6.45, 7) is 4.00. The van der Waals surface area contributed by atoms with Crippen molar-refractivity contribution in [1.29, 1.82) is 0 Å². The average molecular weight is 355 g/mol. The first-order valence-electron chi connectivity index (χ1n) is 8.73. The van der Waals surface area contributed by atoms with Crippen molar-refractivity contribution in [1.82, 2.24) is 4.98 Å². The molecule has 3 atom stereocenters. The van der Waals surface area contributed by atoms with Crippen molar-refractivity contribution in [2.24, 2.45) is 5.92 Å². The fourth-order valence-electron chi connectivity index (χ4n) is 3.25. The van der Waals surface area contributed by atoms with Crippen molar-refractivity contribution in [3.8, 4) is 0 Å². The van der Waals surface area contributed by atoms with Crippen LogP contribution in [0.1, 0.15) is 60.0 Å². The minimum Gasteiger partial charge on any atom is -0.478 e. The molecule has 2 aromatic rings. The molecule has 26 heavy (non-hydrogen) atoms. The number of carbonyl (C=O) groups excluding carboxylic acids is 1. The number of aromatic carboxylic acids is 1. The van der Waals surface area contributed by atoms with Crippen LogP contribution in [0.3, 0.4) is 0 Å². The molecule has 138 valence electrons. The summed E-state index contributed by atoms with van der Waals surface area (Å²) in [5.41, 5.74) is 2.51. The Morgan fingerprint density at radius 2 is 1.62 bits per heavy atom. The summed E-state index contributed by atoms with van der Waals surface area (Å²) >= 11 is 0. The summed E-state index contributed by atoms with van der Waals surface area (Å²) in [6.07, 6.45) is 5.06. The Balaban J connectivity index is 2.17. The first kappa shape index (κ1) is 19.6. The molecule has 1 aromatic heterocycles. The van der Waals surface area contributed by atoms with Crippen LogP contribution in [0.2, 0.25) is 0 Å². The van der Waals surface area contributed by atoms with E-state index in [2.05, 4.69) is 11.9 Å². The molecular formula is C21H25NO4. The Bertz CT molecular complexity index is 727. The van der Waals surface area contributed by atoms with Crippen LogP contribution >= 0.6 is 0 Å². The van der Waals surface area contributed by atoms with Crippen LogP contribution in [0, 0.1) is 5.92 Å². The van der Waals surface area contributed by atoms with Crippen LogP contribution in [0.5, 0.6) is 0 Å².